The molecule has 0 bridgehead atoms. The number of rotatable bonds is 5. The summed E-state index contributed by atoms with van der Waals surface area (Å²) in [5, 5.41) is 3.01. The molecular formula is C19H21N3O. The molecule has 0 spiro atoms. The van der Waals surface area contributed by atoms with Crippen LogP contribution >= 0.6 is 0 Å². The number of aromatic nitrogens is 2. The van der Waals surface area contributed by atoms with Gasteiger partial charge >= 0.3 is 0 Å². The molecule has 2 heterocycles. The van der Waals surface area contributed by atoms with E-state index in [1.165, 1.54) is 0 Å². The van der Waals surface area contributed by atoms with E-state index in [4.69, 9.17) is 0 Å². The highest BCUT2D eigenvalue weighted by Gasteiger charge is 2.14. The zero-order chi connectivity index (χ0) is 16.2. The Kier molecular flexibility index (Phi) is 4.42. The van der Waals surface area contributed by atoms with Crippen molar-refractivity contribution >= 4 is 17.2 Å². The maximum Gasteiger partial charge on any atom is 0.227 e. The molecule has 23 heavy (non-hydrogen) atoms. The van der Waals surface area contributed by atoms with Gasteiger partial charge in [-0.2, -0.15) is 0 Å². The molecule has 0 aliphatic heterocycles. The number of hydrogen-bond donors (Lipinski definition) is 1. The van der Waals surface area contributed by atoms with Gasteiger partial charge in [-0.15, -0.1) is 0 Å². The summed E-state index contributed by atoms with van der Waals surface area (Å²) < 4.78 is 1.99. The second-order valence-corrected chi connectivity index (χ2v) is 5.68. The zero-order valence-corrected chi connectivity index (χ0v) is 13.5. The van der Waals surface area contributed by atoms with E-state index in [2.05, 4.69) is 10.3 Å². The van der Waals surface area contributed by atoms with Gasteiger partial charge in [0, 0.05) is 29.6 Å². The fraction of sp³-hybridized carbons (Fsp3) is 0.263. The molecule has 0 radical (unpaired) electrons. The Hall–Kier alpha value is -2.62. The number of amides is 1. The second kappa shape index (κ2) is 6.65. The number of carbonyl (C=O) groups excluding carboxylic acids is 1. The smallest absolute Gasteiger partial charge is 0.227 e. The number of nitrogens with zero attached hydrogens (tertiary/aromatic N) is 2. The first-order valence-electron chi connectivity index (χ1n) is 8.06. The molecule has 0 aliphatic carbocycles. The normalized spacial score (nSPS) is 11.1. The van der Waals surface area contributed by atoms with Crippen LogP contribution in [0.3, 0.4) is 0 Å². The van der Waals surface area contributed by atoms with Crippen LogP contribution in [0.1, 0.15) is 26.7 Å². The largest absolute Gasteiger partial charge is 0.326 e. The number of pyridine rings is 1. The summed E-state index contributed by atoms with van der Waals surface area (Å²) in [6.07, 6.45) is 5.69. The van der Waals surface area contributed by atoms with Gasteiger partial charge in [-0.05, 0) is 37.1 Å². The van der Waals surface area contributed by atoms with Gasteiger partial charge in [-0.25, -0.2) is 4.98 Å². The highest BCUT2D eigenvalue weighted by Crippen LogP contribution is 2.23. The lowest BCUT2D eigenvalue weighted by molar-refractivity contribution is -0.120. The molecular weight excluding hydrogens is 286 g/mol. The van der Waals surface area contributed by atoms with E-state index < -0.39 is 0 Å². The lowest BCUT2D eigenvalue weighted by atomic mass is 10.0. The molecule has 118 valence electrons. The molecule has 0 fully saturated rings. The van der Waals surface area contributed by atoms with Crippen LogP contribution < -0.4 is 5.32 Å². The predicted molar refractivity (Wildman–Crippen MR) is 93.3 cm³/mol. The van der Waals surface area contributed by atoms with Gasteiger partial charge in [0.1, 0.15) is 5.65 Å². The average molecular weight is 307 g/mol. The van der Waals surface area contributed by atoms with Crippen LogP contribution in [-0.4, -0.2) is 15.3 Å². The SMILES string of the molecule is CCC(CC)C(=O)Nc1cccc(-c2cn3ccccc3n2)c1. The third kappa shape index (κ3) is 3.26. The molecule has 2 aromatic heterocycles. The van der Waals surface area contributed by atoms with Crippen LogP contribution in [0.15, 0.2) is 54.9 Å². The Morgan fingerprint density at radius 2 is 2.00 bits per heavy atom. The van der Waals surface area contributed by atoms with Crippen LogP contribution in [-0.2, 0) is 4.79 Å². The summed E-state index contributed by atoms with van der Waals surface area (Å²) in [4.78, 5) is 16.9. The van der Waals surface area contributed by atoms with Crippen molar-refractivity contribution in [3.8, 4) is 11.3 Å². The summed E-state index contributed by atoms with van der Waals surface area (Å²) in [5.41, 5.74) is 3.62. The molecule has 1 amide bonds. The molecule has 4 heteroatoms. The van der Waals surface area contributed by atoms with Crippen LogP contribution in [0.25, 0.3) is 16.9 Å². The van der Waals surface area contributed by atoms with Gasteiger partial charge in [-0.3, -0.25) is 4.79 Å². The van der Waals surface area contributed by atoms with Crippen molar-refractivity contribution in [2.45, 2.75) is 26.7 Å². The molecule has 4 nitrogen and oxygen atoms in total. The van der Waals surface area contributed by atoms with Crippen molar-refractivity contribution in [1.29, 1.82) is 0 Å². The van der Waals surface area contributed by atoms with Gasteiger partial charge in [0.2, 0.25) is 5.91 Å². The van der Waals surface area contributed by atoms with E-state index in [1.54, 1.807) is 0 Å². The zero-order valence-electron chi connectivity index (χ0n) is 13.5. The third-order valence-corrected chi connectivity index (χ3v) is 4.15. The fourth-order valence-corrected chi connectivity index (χ4v) is 2.73. The van der Waals surface area contributed by atoms with E-state index in [1.807, 2.05) is 73.1 Å². The average Bonchev–Trinajstić information content (AvgIpc) is 3.00. The Morgan fingerprint density at radius 1 is 1.17 bits per heavy atom. The van der Waals surface area contributed by atoms with Gasteiger partial charge in [0.15, 0.2) is 0 Å². The Labute approximate surface area is 136 Å². The molecule has 3 aromatic rings. The predicted octanol–water partition coefficient (Wildman–Crippen LogP) is 4.38. The number of imidazole rings is 1. The first kappa shape index (κ1) is 15.3. The second-order valence-electron chi connectivity index (χ2n) is 5.68. The van der Waals surface area contributed by atoms with E-state index in [9.17, 15) is 4.79 Å². The highest BCUT2D eigenvalue weighted by atomic mass is 16.1. The molecule has 0 atom stereocenters. The van der Waals surface area contributed by atoms with Crippen LogP contribution in [0.5, 0.6) is 0 Å². The van der Waals surface area contributed by atoms with Crippen LogP contribution in [0, 0.1) is 5.92 Å². The standard InChI is InChI=1S/C19H21N3O/c1-3-14(4-2)19(23)20-16-9-7-8-15(12-16)17-13-22-11-6-5-10-18(22)21-17/h5-14H,3-4H2,1-2H3,(H,20,23). The molecule has 0 aliphatic rings. The summed E-state index contributed by atoms with van der Waals surface area (Å²) in [6, 6.07) is 13.8. The number of anilines is 1. The van der Waals surface area contributed by atoms with Crippen molar-refractivity contribution in [2.75, 3.05) is 5.32 Å². The Balaban J connectivity index is 1.86. The minimum absolute atomic E-state index is 0.0638. The third-order valence-electron chi connectivity index (χ3n) is 4.15. The first-order valence-corrected chi connectivity index (χ1v) is 8.06. The number of nitrogens with one attached hydrogen (secondary N) is 1. The fourth-order valence-electron chi connectivity index (χ4n) is 2.73. The highest BCUT2D eigenvalue weighted by molar-refractivity contribution is 5.93. The number of fused-ring (bicyclic) bond motifs is 1. The number of carbonyl (C=O) groups is 1. The monoisotopic (exact) mass is 307 g/mol. The van der Waals surface area contributed by atoms with Crippen LogP contribution in [0.4, 0.5) is 5.69 Å². The summed E-state index contributed by atoms with van der Waals surface area (Å²) in [5.74, 6) is 0.149. The van der Waals surface area contributed by atoms with Crippen molar-refractivity contribution in [2.24, 2.45) is 5.92 Å². The Morgan fingerprint density at radius 3 is 2.74 bits per heavy atom. The van der Waals surface area contributed by atoms with Crippen molar-refractivity contribution in [3.63, 3.8) is 0 Å². The summed E-state index contributed by atoms with van der Waals surface area (Å²) in [7, 11) is 0. The maximum absolute atomic E-state index is 12.2. The minimum Gasteiger partial charge on any atom is -0.326 e. The van der Waals surface area contributed by atoms with Gasteiger partial charge < -0.3 is 9.72 Å². The van der Waals surface area contributed by atoms with Gasteiger partial charge in [-0.1, -0.05) is 32.0 Å². The minimum atomic E-state index is 0.0638. The lowest BCUT2D eigenvalue weighted by Gasteiger charge is -2.13. The van der Waals surface area contributed by atoms with Gasteiger partial charge in [0.05, 0.1) is 5.69 Å². The number of hydrogen-bond acceptors (Lipinski definition) is 2. The van der Waals surface area contributed by atoms with Crippen molar-refractivity contribution in [1.82, 2.24) is 9.38 Å². The summed E-state index contributed by atoms with van der Waals surface area (Å²) >= 11 is 0. The molecule has 3 rings (SSSR count). The van der Waals surface area contributed by atoms with E-state index >= 15 is 0 Å². The molecule has 0 unspecified atom stereocenters. The van der Waals surface area contributed by atoms with Crippen molar-refractivity contribution in [3.05, 3.63) is 54.9 Å². The molecule has 1 N–H and O–H groups in total. The molecule has 1 aromatic carbocycles. The Bertz CT molecular complexity index is 785. The quantitative estimate of drug-likeness (QED) is 0.760. The lowest BCUT2D eigenvalue weighted by Crippen LogP contribution is -2.21. The maximum atomic E-state index is 12.2. The molecule has 0 saturated heterocycles. The van der Waals surface area contributed by atoms with E-state index in [-0.39, 0.29) is 11.8 Å². The summed E-state index contributed by atoms with van der Waals surface area (Å²) in [6.45, 7) is 4.08. The topological polar surface area (TPSA) is 46.4 Å². The van der Waals surface area contributed by atoms with Crippen LogP contribution in [0.2, 0.25) is 0 Å². The van der Waals surface area contributed by atoms with E-state index in [0.29, 0.717) is 0 Å². The molecule has 0 saturated carbocycles. The van der Waals surface area contributed by atoms with E-state index in [0.717, 1.165) is 35.4 Å². The first-order chi connectivity index (χ1) is 11.2. The van der Waals surface area contributed by atoms with Gasteiger partial charge in [0.25, 0.3) is 0 Å². The number of benzene rings is 1. The van der Waals surface area contributed by atoms with Crippen molar-refractivity contribution < 1.29 is 4.79 Å².